The van der Waals surface area contributed by atoms with E-state index in [0.29, 0.717) is 16.8 Å². The first-order valence-corrected chi connectivity index (χ1v) is 15.0. The van der Waals surface area contributed by atoms with Crippen molar-refractivity contribution >= 4 is 33.9 Å². The fourth-order valence-corrected chi connectivity index (χ4v) is 5.60. The number of amides is 2. The molecule has 1 N–H and O–H groups in total. The summed E-state index contributed by atoms with van der Waals surface area (Å²) in [6.45, 7) is 4.51. The van der Waals surface area contributed by atoms with Crippen LogP contribution in [0.15, 0.2) is 48.5 Å². The van der Waals surface area contributed by atoms with Crippen molar-refractivity contribution in [3.63, 3.8) is 0 Å². The number of rotatable bonds is 6. The Morgan fingerprint density at radius 3 is 2.44 bits per heavy atom. The summed E-state index contributed by atoms with van der Waals surface area (Å²) in [6, 6.07) is 12.6. The van der Waals surface area contributed by atoms with Gasteiger partial charge in [0, 0.05) is 24.5 Å². The summed E-state index contributed by atoms with van der Waals surface area (Å²) in [5.74, 6) is -0.876. The monoisotopic (exact) mass is 666 g/mol. The third-order valence-electron chi connectivity index (χ3n) is 7.80. The summed E-state index contributed by atoms with van der Waals surface area (Å²) in [5.41, 5.74) is 0.534. The maximum absolute atomic E-state index is 14.2. The maximum atomic E-state index is 14.2. The summed E-state index contributed by atoms with van der Waals surface area (Å²) in [4.78, 5) is 42.9. The first-order valence-electron chi connectivity index (χ1n) is 15.0. The molecule has 13 nitrogen and oxygen atoms in total. The van der Waals surface area contributed by atoms with Gasteiger partial charge < -0.3 is 28.6 Å². The first-order chi connectivity index (χ1) is 22.8. The molecule has 1 aliphatic rings. The van der Waals surface area contributed by atoms with Crippen LogP contribution >= 0.6 is 0 Å². The summed E-state index contributed by atoms with van der Waals surface area (Å²) in [6.07, 6.45) is -5.44. The van der Waals surface area contributed by atoms with Crippen LogP contribution in [0.1, 0.15) is 38.5 Å². The van der Waals surface area contributed by atoms with Gasteiger partial charge in [-0.2, -0.15) is 18.3 Å². The molecule has 0 spiro atoms. The summed E-state index contributed by atoms with van der Waals surface area (Å²) in [5, 5.41) is 8.06. The van der Waals surface area contributed by atoms with Crippen LogP contribution in [0.25, 0.3) is 33.3 Å². The molecule has 48 heavy (non-hydrogen) atoms. The number of nitrogens with one attached hydrogen (secondary N) is 1. The van der Waals surface area contributed by atoms with Crippen molar-refractivity contribution < 1.29 is 37.0 Å². The Labute approximate surface area is 272 Å². The number of ether oxygens (including phenoxy) is 3. The molecule has 1 saturated heterocycles. The largest absolute Gasteiger partial charge is 0.497 e. The van der Waals surface area contributed by atoms with Crippen LogP contribution in [0.3, 0.4) is 0 Å². The van der Waals surface area contributed by atoms with E-state index in [-0.39, 0.29) is 48.2 Å². The van der Waals surface area contributed by atoms with Gasteiger partial charge in [0.1, 0.15) is 29.8 Å². The highest BCUT2D eigenvalue weighted by Gasteiger charge is 2.41. The van der Waals surface area contributed by atoms with Gasteiger partial charge in [-0.3, -0.25) is 9.89 Å². The minimum absolute atomic E-state index is 0.0169. The van der Waals surface area contributed by atoms with E-state index in [1.165, 1.54) is 42.2 Å². The number of carbonyl (C=O) groups is 2. The fraction of sp³-hybridized carbons (Fsp3) is 0.375. The minimum Gasteiger partial charge on any atom is -0.497 e. The number of carbonyl (C=O) groups excluding carboxylic acids is 2. The SMILES string of the molecule is COc1ccc2nc(C(F)(F)F)n(CC(=O)N3CCN(C(=O)OC(C)(C)C)C[C@H]3c3nc(-c4cc5ccccc5nc4OC)n[nH]3)c2c1. The number of fused-ring (bicyclic) bond motifs is 2. The zero-order valence-corrected chi connectivity index (χ0v) is 26.8. The molecule has 0 saturated carbocycles. The summed E-state index contributed by atoms with van der Waals surface area (Å²) < 4.78 is 59.6. The van der Waals surface area contributed by atoms with Gasteiger partial charge in [0.15, 0.2) is 5.82 Å². The second-order valence-corrected chi connectivity index (χ2v) is 12.2. The van der Waals surface area contributed by atoms with E-state index >= 15 is 0 Å². The number of alkyl halides is 3. The average molecular weight is 667 g/mol. The number of pyridine rings is 1. The number of methoxy groups -OCH3 is 2. The number of nitrogens with zero attached hydrogens (tertiary/aromatic N) is 7. The number of aromatic amines is 1. The van der Waals surface area contributed by atoms with Gasteiger partial charge in [-0.15, -0.1) is 0 Å². The van der Waals surface area contributed by atoms with Crippen LogP contribution in [-0.2, 0) is 22.3 Å². The number of para-hydroxylation sites is 1. The van der Waals surface area contributed by atoms with Gasteiger partial charge in [-0.25, -0.2) is 19.7 Å². The molecule has 3 aromatic heterocycles. The highest BCUT2D eigenvalue weighted by molar-refractivity contribution is 5.85. The predicted octanol–water partition coefficient (Wildman–Crippen LogP) is 5.23. The molecule has 1 fully saturated rings. The molecule has 0 unspecified atom stereocenters. The van der Waals surface area contributed by atoms with E-state index < -0.39 is 42.2 Å². The molecule has 252 valence electrons. The van der Waals surface area contributed by atoms with Crippen LogP contribution in [0.5, 0.6) is 11.6 Å². The standard InChI is InChI=1S/C32H33F3N8O5/c1-31(2,3)48-30(45)41-12-13-42(25(44)17-43-23-15-19(46-4)10-11-22(23)37-29(43)32(33,34)35)24(16-41)27-38-26(39-40-27)20-14-18-8-6-7-9-21(18)36-28(20)47-5/h6-11,14-15,24H,12-13,16-17H2,1-5H3,(H,38,39,40)/t24-/m0/s1. The van der Waals surface area contributed by atoms with E-state index in [2.05, 4.69) is 25.1 Å². The van der Waals surface area contributed by atoms with Gasteiger partial charge in [-0.05, 0) is 45.0 Å². The Balaban J connectivity index is 1.37. The molecule has 16 heteroatoms. The van der Waals surface area contributed by atoms with Gasteiger partial charge in [-0.1, -0.05) is 18.2 Å². The number of aromatic nitrogens is 6. The van der Waals surface area contributed by atoms with E-state index in [0.717, 1.165) is 9.95 Å². The molecule has 0 radical (unpaired) electrons. The van der Waals surface area contributed by atoms with E-state index in [9.17, 15) is 22.8 Å². The molecule has 6 rings (SSSR count). The second kappa shape index (κ2) is 12.3. The lowest BCUT2D eigenvalue weighted by Gasteiger charge is -2.40. The first kappa shape index (κ1) is 32.5. The van der Waals surface area contributed by atoms with Gasteiger partial charge in [0.05, 0.1) is 42.9 Å². The van der Waals surface area contributed by atoms with Crippen molar-refractivity contribution in [2.45, 2.75) is 45.1 Å². The number of benzene rings is 2. The third kappa shape index (κ3) is 6.41. The highest BCUT2D eigenvalue weighted by atomic mass is 19.4. The molecule has 1 aliphatic heterocycles. The van der Waals surface area contributed by atoms with Crippen LogP contribution in [-0.4, -0.2) is 91.0 Å². The van der Waals surface area contributed by atoms with Crippen LogP contribution in [0, 0.1) is 0 Å². The Bertz CT molecular complexity index is 2000. The van der Waals surface area contributed by atoms with Gasteiger partial charge in [0.2, 0.25) is 17.6 Å². The van der Waals surface area contributed by atoms with Crippen molar-refractivity contribution in [3.8, 4) is 23.0 Å². The molecule has 2 amide bonds. The lowest BCUT2D eigenvalue weighted by Crippen LogP contribution is -2.54. The molecule has 0 bridgehead atoms. The predicted molar refractivity (Wildman–Crippen MR) is 167 cm³/mol. The maximum Gasteiger partial charge on any atom is 0.449 e. The Morgan fingerprint density at radius 1 is 0.958 bits per heavy atom. The quantitative estimate of drug-likeness (QED) is 0.258. The van der Waals surface area contributed by atoms with Crippen LogP contribution < -0.4 is 9.47 Å². The van der Waals surface area contributed by atoms with Crippen molar-refractivity contribution in [2.75, 3.05) is 33.9 Å². The number of H-pyrrole nitrogens is 1. The number of imidazole rings is 1. The summed E-state index contributed by atoms with van der Waals surface area (Å²) >= 11 is 0. The van der Waals surface area contributed by atoms with Crippen molar-refractivity contribution in [2.24, 2.45) is 0 Å². The molecule has 1 atom stereocenters. The Hall–Kier alpha value is -5.41. The third-order valence-corrected chi connectivity index (χ3v) is 7.80. The lowest BCUT2D eigenvalue weighted by molar-refractivity contribution is -0.148. The number of hydrogen-bond donors (Lipinski definition) is 1. The van der Waals surface area contributed by atoms with E-state index in [1.807, 2.05) is 30.3 Å². The van der Waals surface area contributed by atoms with Crippen molar-refractivity contribution in [3.05, 3.63) is 60.2 Å². The lowest BCUT2D eigenvalue weighted by atomic mass is 10.1. The molecule has 5 aromatic rings. The normalized spacial score (nSPS) is 15.6. The number of hydrogen-bond acceptors (Lipinski definition) is 9. The highest BCUT2D eigenvalue weighted by Crippen LogP contribution is 2.35. The summed E-state index contributed by atoms with van der Waals surface area (Å²) in [7, 11) is 2.86. The van der Waals surface area contributed by atoms with E-state index in [4.69, 9.17) is 14.2 Å². The van der Waals surface area contributed by atoms with Crippen molar-refractivity contribution in [1.82, 2.24) is 39.5 Å². The number of halogens is 3. The molecular weight excluding hydrogens is 633 g/mol. The van der Waals surface area contributed by atoms with Gasteiger partial charge in [0.25, 0.3) is 0 Å². The molecule has 2 aromatic carbocycles. The van der Waals surface area contributed by atoms with Gasteiger partial charge >= 0.3 is 12.3 Å². The topological polar surface area (TPSA) is 141 Å². The Kier molecular flexibility index (Phi) is 8.35. The smallest absolute Gasteiger partial charge is 0.449 e. The zero-order valence-electron chi connectivity index (χ0n) is 26.8. The van der Waals surface area contributed by atoms with E-state index in [1.54, 1.807) is 20.8 Å². The fourth-order valence-electron chi connectivity index (χ4n) is 5.60. The second-order valence-electron chi connectivity index (χ2n) is 12.2. The molecule has 4 heterocycles. The molecular formula is C32H33F3N8O5. The minimum atomic E-state index is -4.84. The number of piperazine rings is 1. The van der Waals surface area contributed by atoms with Crippen molar-refractivity contribution in [1.29, 1.82) is 0 Å². The average Bonchev–Trinajstić information content (AvgIpc) is 3.68. The molecule has 0 aliphatic carbocycles. The van der Waals surface area contributed by atoms with Crippen LogP contribution in [0.4, 0.5) is 18.0 Å². The van der Waals surface area contributed by atoms with Crippen LogP contribution in [0.2, 0.25) is 0 Å². The Morgan fingerprint density at radius 2 is 1.73 bits per heavy atom. The zero-order chi connectivity index (χ0) is 34.4.